The number of nitrogens with zero attached hydrogens (tertiary/aromatic N) is 2. The van der Waals surface area contributed by atoms with Crippen LogP contribution >= 0.6 is 0 Å². The van der Waals surface area contributed by atoms with Crippen molar-refractivity contribution in [3.8, 4) is 5.69 Å². The quantitative estimate of drug-likeness (QED) is 0.396. The minimum absolute atomic E-state index is 0.145. The molecule has 0 aliphatic carbocycles. The molecule has 184 valence electrons. The monoisotopic (exact) mass is 479 g/mol. The Labute approximate surface area is 202 Å². The standard InChI is InChI=1S/C27H30FN3O4/c1-15-8-18(6-7-20(15)28)31-22-9-16-12-29-30-21(16)10-19(22)23(24(31)26(2,3)14-34-5)17-11-27(4,25(32)33)35-13-17/h6-10,12,17H,11,13-14H2,1-5H3,(H,29,30)(H,32,33)/t17?,27-/m0/s1. The fraction of sp³-hybridized carbons (Fsp3) is 0.407. The van der Waals surface area contributed by atoms with Crippen molar-refractivity contribution in [1.29, 1.82) is 0 Å². The number of halogens is 1. The first-order valence-electron chi connectivity index (χ1n) is 11.7. The van der Waals surface area contributed by atoms with E-state index < -0.39 is 17.0 Å². The Bertz CT molecular complexity index is 1450. The summed E-state index contributed by atoms with van der Waals surface area (Å²) in [5, 5.41) is 19.0. The van der Waals surface area contributed by atoms with Crippen LogP contribution in [-0.4, -0.2) is 51.8 Å². The van der Waals surface area contributed by atoms with Gasteiger partial charge in [0.15, 0.2) is 5.60 Å². The van der Waals surface area contributed by atoms with Crippen LogP contribution in [0.5, 0.6) is 0 Å². The molecule has 0 amide bonds. The van der Waals surface area contributed by atoms with E-state index in [0.717, 1.165) is 38.8 Å². The molecule has 1 unspecified atom stereocenters. The van der Waals surface area contributed by atoms with Crippen LogP contribution in [0.1, 0.15) is 49.9 Å². The van der Waals surface area contributed by atoms with E-state index in [1.807, 2.05) is 6.07 Å². The molecule has 1 aliphatic rings. The van der Waals surface area contributed by atoms with E-state index in [0.29, 0.717) is 25.2 Å². The lowest BCUT2D eigenvalue weighted by atomic mass is 9.81. The second kappa shape index (κ2) is 8.17. The summed E-state index contributed by atoms with van der Waals surface area (Å²) in [7, 11) is 1.67. The van der Waals surface area contributed by atoms with Crippen LogP contribution in [0, 0.1) is 12.7 Å². The summed E-state index contributed by atoms with van der Waals surface area (Å²) >= 11 is 0. The lowest BCUT2D eigenvalue weighted by Crippen LogP contribution is -2.34. The van der Waals surface area contributed by atoms with Gasteiger partial charge in [0.1, 0.15) is 5.82 Å². The number of carboxylic acids is 1. The molecule has 2 N–H and O–H groups in total. The molecule has 0 radical (unpaired) electrons. The van der Waals surface area contributed by atoms with Gasteiger partial charge in [0.05, 0.1) is 30.4 Å². The van der Waals surface area contributed by atoms with Crippen LogP contribution in [0.15, 0.2) is 36.5 Å². The molecule has 2 aromatic carbocycles. The zero-order valence-electron chi connectivity index (χ0n) is 20.6. The van der Waals surface area contributed by atoms with Gasteiger partial charge >= 0.3 is 5.97 Å². The SMILES string of the molecule is COCC(C)(C)c1c(C2CO[C@](C)(C(=O)O)C2)c2cc3[nH]ncc3cc2n1-c1ccc(F)c(C)c1. The van der Waals surface area contributed by atoms with Gasteiger partial charge in [0.25, 0.3) is 0 Å². The number of hydrogen-bond acceptors (Lipinski definition) is 4. The fourth-order valence-electron chi connectivity index (χ4n) is 5.50. The maximum Gasteiger partial charge on any atom is 0.335 e. The molecule has 1 aliphatic heterocycles. The number of aromatic nitrogens is 3. The Hall–Kier alpha value is -3.23. The molecule has 35 heavy (non-hydrogen) atoms. The van der Waals surface area contributed by atoms with Crippen molar-refractivity contribution in [2.24, 2.45) is 0 Å². The second-order valence-electron chi connectivity index (χ2n) is 10.4. The molecule has 3 heterocycles. The second-order valence-corrected chi connectivity index (χ2v) is 10.4. The molecule has 8 heteroatoms. The first-order chi connectivity index (χ1) is 16.6. The largest absolute Gasteiger partial charge is 0.479 e. The van der Waals surface area contributed by atoms with Gasteiger partial charge in [-0.15, -0.1) is 0 Å². The van der Waals surface area contributed by atoms with Gasteiger partial charge in [-0.2, -0.15) is 5.10 Å². The summed E-state index contributed by atoms with van der Waals surface area (Å²) in [5.41, 5.74) is 3.56. The van der Waals surface area contributed by atoms with Crippen LogP contribution in [0.2, 0.25) is 0 Å². The van der Waals surface area contributed by atoms with Crippen molar-refractivity contribution >= 4 is 27.8 Å². The van der Waals surface area contributed by atoms with Crippen molar-refractivity contribution < 1.29 is 23.8 Å². The zero-order valence-corrected chi connectivity index (χ0v) is 20.6. The van der Waals surface area contributed by atoms with E-state index in [9.17, 15) is 14.3 Å². The number of carboxylic acid groups (broad SMARTS) is 1. The number of aliphatic carboxylic acids is 1. The van der Waals surface area contributed by atoms with Crippen molar-refractivity contribution in [2.75, 3.05) is 20.3 Å². The number of benzene rings is 2. The Morgan fingerprint density at radius 3 is 2.80 bits per heavy atom. The molecule has 2 aromatic heterocycles. The predicted molar refractivity (Wildman–Crippen MR) is 132 cm³/mol. The van der Waals surface area contributed by atoms with Crippen molar-refractivity contribution in [3.63, 3.8) is 0 Å². The third-order valence-electron chi connectivity index (χ3n) is 7.21. The first-order valence-corrected chi connectivity index (χ1v) is 11.7. The highest BCUT2D eigenvalue weighted by molar-refractivity contribution is 5.99. The third-order valence-corrected chi connectivity index (χ3v) is 7.21. The zero-order chi connectivity index (χ0) is 25.1. The first kappa shape index (κ1) is 23.5. The number of nitrogens with one attached hydrogen (secondary N) is 1. The molecule has 5 rings (SSSR count). The third kappa shape index (κ3) is 3.72. The number of fused-ring (bicyclic) bond motifs is 2. The molecular formula is C27H30FN3O4. The number of aromatic amines is 1. The van der Waals surface area contributed by atoms with Crippen LogP contribution < -0.4 is 0 Å². The molecule has 7 nitrogen and oxygen atoms in total. The topological polar surface area (TPSA) is 89.4 Å². The van der Waals surface area contributed by atoms with Gasteiger partial charge in [-0.3, -0.25) is 5.10 Å². The Morgan fingerprint density at radius 2 is 2.14 bits per heavy atom. The molecule has 0 bridgehead atoms. The van der Waals surface area contributed by atoms with Gasteiger partial charge in [0, 0.05) is 40.6 Å². The molecule has 0 saturated carbocycles. The highest BCUT2D eigenvalue weighted by atomic mass is 19.1. The van der Waals surface area contributed by atoms with Crippen LogP contribution in [0.4, 0.5) is 4.39 Å². The van der Waals surface area contributed by atoms with E-state index in [2.05, 4.69) is 40.7 Å². The summed E-state index contributed by atoms with van der Waals surface area (Å²) in [6.45, 7) is 8.34. The molecule has 2 atom stereocenters. The maximum atomic E-state index is 14.2. The molecule has 1 saturated heterocycles. The highest BCUT2D eigenvalue weighted by Gasteiger charge is 2.46. The summed E-state index contributed by atoms with van der Waals surface area (Å²) in [6, 6.07) is 9.26. The maximum absolute atomic E-state index is 14.2. The normalized spacial score (nSPS) is 20.8. The molecule has 4 aromatic rings. The summed E-state index contributed by atoms with van der Waals surface area (Å²) in [4.78, 5) is 12.0. The van der Waals surface area contributed by atoms with E-state index in [-0.39, 0.29) is 11.7 Å². The minimum atomic E-state index is -1.26. The average Bonchev–Trinajstić information content (AvgIpc) is 3.50. The summed E-state index contributed by atoms with van der Waals surface area (Å²) in [6.07, 6.45) is 2.13. The Balaban J connectivity index is 1.88. The molecule has 1 fully saturated rings. The summed E-state index contributed by atoms with van der Waals surface area (Å²) in [5.74, 6) is -1.37. The fourth-order valence-corrected chi connectivity index (χ4v) is 5.50. The van der Waals surface area contributed by atoms with Crippen molar-refractivity contribution in [1.82, 2.24) is 14.8 Å². The van der Waals surface area contributed by atoms with Gasteiger partial charge in [-0.05, 0) is 61.7 Å². The van der Waals surface area contributed by atoms with Gasteiger partial charge in [-0.25, -0.2) is 9.18 Å². The smallest absolute Gasteiger partial charge is 0.335 e. The Morgan fingerprint density at radius 1 is 1.37 bits per heavy atom. The number of hydrogen-bond donors (Lipinski definition) is 2. The summed E-state index contributed by atoms with van der Waals surface area (Å²) < 4.78 is 27.9. The number of methoxy groups -OCH3 is 1. The minimum Gasteiger partial charge on any atom is -0.479 e. The van der Waals surface area contributed by atoms with E-state index >= 15 is 0 Å². The number of rotatable bonds is 6. The van der Waals surface area contributed by atoms with Crippen LogP contribution in [0.3, 0.4) is 0 Å². The lowest BCUT2D eigenvalue weighted by Gasteiger charge is -2.29. The van der Waals surface area contributed by atoms with E-state index in [1.54, 1.807) is 33.2 Å². The van der Waals surface area contributed by atoms with Crippen molar-refractivity contribution in [2.45, 2.75) is 51.0 Å². The van der Waals surface area contributed by atoms with E-state index in [1.165, 1.54) is 6.07 Å². The number of H-pyrrole nitrogens is 1. The number of ether oxygens (including phenoxy) is 2. The average molecular weight is 480 g/mol. The lowest BCUT2D eigenvalue weighted by molar-refractivity contribution is -0.157. The molecule has 0 spiro atoms. The number of aryl methyl sites for hydroxylation is 1. The Kier molecular flexibility index (Phi) is 5.49. The van der Waals surface area contributed by atoms with Crippen LogP contribution in [-0.2, 0) is 19.7 Å². The van der Waals surface area contributed by atoms with Gasteiger partial charge < -0.3 is 19.1 Å². The highest BCUT2D eigenvalue weighted by Crippen LogP contribution is 2.47. The van der Waals surface area contributed by atoms with Gasteiger partial charge in [-0.1, -0.05) is 13.8 Å². The number of carbonyl (C=O) groups is 1. The van der Waals surface area contributed by atoms with Crippen LogP contribution in [0.25, 0.3) is 27.5 Å². The van der Waals surface area contributed by atoms with Gasteiger partial charge in [0.2, 0.25) is 0 Å². The van der Waals surface area contributed by atoms with E-state index in [4.69, 9.17) is 9.47 Å². The predicted octanol–water partition coefficient (Wildman–Crippen LogP) is 5.23. The van der Waals surface area contributed by atoms with Crippen molar-refractivity contribution in [3.05, 3.63) is 59.2 Å². The molecular weight excluding hydrogens is 449 g/mol.